The first-order valence-corrected chi connectivity index (χ1v) is 7.53. The Balaban J connectivity index is 2.13. The first-order valence-electron chi connectivity index (χ1n) is 7.53. The molecule has 0 fully saturated rings. The van der Waals surface area contributed by atoms with Crippen molar-refractivity contribution in [3.05, 3.63) is 82.6 Å². The van der Waals surface area contributed by atoms with Crippen molar-refractivity contribution < 1.29 is 33.4 Å². The van der Waals surface area contributed by atoms with Gasteiger partial charge in [0.15, 0.2) is 0 Å². The van der Waals surface area contributed by atoms with Gasteiger partial charge in [0.25, 0.3) is 0 Å². The van der Waals surface area contributed by atoms with E-state index in [-0.39, 0.29) is 6.54 Å². The molecule has 0 spiro atoms. The molecule has 1 heterocycles. The van der Waals surface area contributed by atoms with Crippen LogP contribution < -0.4 is 0 Å². The lowest BCUT2D eigenvalue weighted by atomic mass is 9.96. The zero-order chi connectivity index (χ0) is 18.8. The smallest absolute Gasteiger partial charge is 0.374 e. The van der Waals surface area contributed by atoms with Gasteiger partial charge in [-0.15, -0.1) is 5.06 Å². The molecule has 2 aromatic carbocycles. The van der Waals surface area contributed by atoms with Crippen molar-refractivity contribution in [2.45, 2.75) is 12.6 Å². The summed E-state index contributed by atoms with van der Waals surface area (Å²) < 4.78 is 28.6. The predicted molar refractivity (Wildman–Crippen MR) is 84.5 cm³/mol. The largest absolute Gasteiger partial charge is 0.478 e. The van der Waals surface area contributed by atoms with Gasteiger partial charge in [0.05, 0.1) is 6.54 Å². The van der Waals surface area contributed by atoms with Gasteiger partial charge < -0.3 is 15.1 Å². The Bertz CT molecular complexity index is 877. The Morgan fingerprint density at radius 1 is 0.962 bits per heavy atom. The molecule has 134 valence electrons. The van der Waals surface area contributed by atoms with Crippen LogP contribution >= 0.6 is 0 Å². The van der Waals surface area contributed by atoms with Gasteiger partial charge in [-0.1, -0.05) is 36.4 Å². The van der Waals surface area contributed by atoms with Crippen molar-refractivity contribution in [3.63, 3.8) is 0 Å². The van der Waals surface area contributed by atoms with E-state index >= 15 is 0 Å². The monoisotopic (exact) mass is 361 g/mol. The highest BCUT2D eigenvalue weighted by Crippen LogP contribution is 2.41. The van der Waals surface area contributed by atoms with Crippen molar-refractivity contribution >= 4 is 11.9 Å². The summed E-state index contributed by atoms with van der Waals surface area (Å²) in [5.41, 5.74) is -0.680. The topological polar surface area (TPSA) is 87.1 Å². The number of carboxylic acid groups (broad SMARTS) is 2. The summed E-state index contributed by atoms with van der Waals surface area (Å²) in [5, 5.41) is 19.7. The van der Waals surface area contributed by atoms with Crippen LogP contribution in [0.25, 0.3) is 0 Å². The molecule has 0 bridgehead atoms. The number of rotatable bonds is 5. The van der Waals surface area contributed by atoms with Gasteiger partial charge in [-0.3, -0.25) is 0 Å². The third-order valence-electron chi connectivity index (χ3n) is 3.89. The summed E-state index contributed by atoms with van der Waals surface area (Å²) in [6.07, 6.45) is 0. The Labute approximate surface area is 146 Å². The van der Waals surface area contributed by atoms with Gasteiger partial charge in [-0.2, -0.15) is 0 Å². The van der Waals surface area contributed by atoms with Gasteiger partial charge >= 0.3 is 11.9 Å². The molecule has 6 nitrogen and oxygen atoms in total. The van der Waals surface area contributed by atoms with Gasteiger partial charge in [0.1, 0.15) is 23.2 Å². The average Bonchev–Trinajstić information content (AvgIpc) is 2.95. The van der Waals surface area contributed by atoms with Crippen LogP contribution in [-0.2, 0) is 21.0 Å². The Kier molecular flexibility index (Phi) is 4.68. The number of halogens is 2. The maximum Gasteiger partial charge on any atom is 0.374 e. The van der Waals surface area contributed by atoms with Crippen LogP contribution in [-0.4, -0.2) is 27.2 Å². The van der Waals surface area contributed by atoms with Crippen LogP contribution in [0.4, 0.5) is 8.78 Å². The molecule has 8 heteroatoms. The molecule has 0 unspecified atom stereocenters. The normalized spacial score (nSPS) is 17.2. The predicted octanol–water partition coefficient (Wildman–Crippen LogP) is 2.88. The molecular formula is C18H13F2NO5. The minimum absolute atomic E-state index is 0.0765. The van der Waals surface area contributed by atoms with E-state index in [4.69, 9.17) is 4.84 Å². The number of hydrogen-bond donors (Lipinski definition) is 2. The van der Waals surface area contributed by atoms with E-state index in [1.54, 1.807) is 30.3 Å². The van der Waals surface area contributed by atoms with Crippen LogP contribution in [0, 0.1) is 11.6 Å². The highest BCUT2D eigenvalue weighted by molar-refractivity contribution is 5.99. The molecule has 26 heavy (non-hydrogen) atoms. The van der Waals surface area contributed by atoms with Crippen molar-refractivity contribution in [1.29, 1.82) is 0 Å². The summed E-state index contributed by atoms with van der Waals surface area (Å²) in [4.78, 5) is 28.2. The third-order valence-corrected chi connectivity index (χ3v) is 3.89. The number of benzene rings is 2. The zero-order valence-electron chi connectivity index (χ0n) is 13.2. The Morgan fingerprint density at radius 2 is 1.58 bits per heavy atom. The van der Waals surface area contributed by atoms with E-state index < -0.39 is 46.5 Å². The van der Waals surface area contributed by atoms with E-state index in [0.717, 1.165) is 23.3 Å². The summed E-state index contributed by atoms with van der Waals surface area (Å²) >= 11 is 0. The first-order chi connectivity index (χ1) is 12.4. The van der Waals surface area contributed by atoms with Crippen molar-refractivity contribution in [2.75, 3.05) is 0 Å². The van der Waals surface area contributed by atoms with Crippen LogP contribution in [0.5, 0.6) is 0 Å². The van der Waals surface area contributed by atoms with Crippen LogP contribution in [0.3, 0.4) is 0 Å². The fourth-order valence-corrected chi connectivity index (χ4v) is 2.80. The molecule has 1 aliphatic heterocycles. The molecule has 0 amide bonds. The molecule has 0 aromatic heterocycles. The standard InChI is InChI=1S/C18H13F2NO5/c19-11-7-4-8-12(20)13(11)15-14(17(22)23)16(18(24)25)26-21(15)9-10-5-2-1-3-6-10/h1-8,15H,9H2,(H,22,23)(H,24,25)/t15-/m1/s1. The lowest BCUT2D eigenvalue weighted by molar-refractivity contribution is -0.158. The molecular weight excluding hydrogens is 348 g/mol. The van der Waals surface area contributed by atoms with Gasteiger partial charge in [0.2, 0.25) is 5.76 Å². The van der Waals surface area contributed by atoms with E-state index in [1.165, 1.54) is 0 Å². The molecule has 0 radical (unpaired) electrons. The van der Waals surface area contributed by atoms with Crippen LogP contribution in [0.2, 0.25) is 0 Å². The highest BCUT2D eigenvalue weighted by Gasteiger charge is 2.45. The number of carboxylic acids is 2. The fraction of sp³-hybridized carbons (Fsp3) is 0.111. The molecule has 0 saturated carbocycles. The maximum absolute atomic E-state index is 14.3. The number of nitrogens with zero attached hydrogens (tertiary/aromatic N) is 1. The Hall–Kier alpha value is -3.26. The minimum Gasteiger partial charge on any atom is -0.478 e. The second-order valence-corrected chi connectivity index (χ2v) is 5.54. The molecule has 1 atom stereocenters. The Morgan fingerprint density at radius 3 is 2.12 bits per heavy atom. The quantitative estimate of drug-likeness (QED) is 0.852. The lowest BCUT2D eigenvalue weighted by Gasteiger charge is -2.24. The SMILES string of the molecule is O=C(O)C1=C(C(=O)O)[C@@H](c2c(F)cccc2F)N(Cc2ccccc2)O1. The van der Waals surface area contributed by atoms with Gasteiger partial charge in [0, 0.05) is 5.56 Å². The third kappa shape index (κ3) is 3.14. The molecule has 0 aliphatic carbocycles. The van der Waals surface area contributed by atoms with Gasteiger partial charge in [-0.05, 0) is 17.7 Å². The fourth-order valence-electron chi connectivity index (χ4n) is 2.80. The van der Waals surface area contributed by atoms with E-state index in [2.05, 4.69) is 0 Å². The number of carbonyl (C=O) groups is 2. The van der Waals surface area contributed by atoms with Crippen molar-refractivity contribution in [1.82, 2.24) is 5.06 Å². The van der Waals surface area contributed by atoms with Crippen LogP contribution in [0.15, 0.2) is 59.9 Å². The summed E-state index contributed by atoms with van der Waals surface area (Å²) in [6.45, 7) is -0.0765. The number of aliphatic carboxylic acids is 2. The van der Waals surface area contributed by atoms with E-state index in [0.29, 0.717) is 5.56 Å². The zero-order valence-corrected chi connectivity index (χ0v) is 13.2. The highest BCUT2D eigenvalue weighted by atomic mass is 19.1. The first kappa shape index (κ1) is 17.6. The second kappa shape index (κ2) is 6.93. The lowest BCUT2D eigenvalue weighted by Crippen LogP contribution is -2.27. The molecule has 3 rings (SSSR count). The molecule has 2 aromatic rings. The number of hydrogen-bond acceptors (Lipinski definition) is 4. The van der Waals surface area contributed by atoms with Gasteiger partial charge in [-0.25, -0.2) is 18.4 Å². The summed E-state index contributed by atoms with van der Waals surface area (Å²) in [6, 6.07) is 10.1. The van der Waals surface area contributed by atoms with Crippen molar-refractivity contribution in [3.8, 4) is 0 Å². The van der Waals surface area contributed by atoms with E-state index in [9.17, 15) is 28.6 Å². The summed E-state index contributed by atoms with van der Waals surface area (Å²) in [5.74, 6) is -6.14. The van der Waals surface area contributed by atoms with Crippen molar-refractivity contribution in [2.24, 2.45) is 0 Å². The van der Waals surface area contributed by atoms with Crippen LogP contribution in [0.1, 0.15) is 17.2 Å². The average molecular weight is 361 g/mol. The minimum atomic E-state index is -1.64. The maximum atomic E-state index is 14.3. The molecule has 0 saturated heterocycles. The van der Waals surface area contributed by atoms with E-state index in [1.807, 2.05) is 0 Å². The number of hydroxylamine groups is 2. The summed E-state index contributed by atoms with van der Waals surface area (Å²) in [7, 11) is 0. The second-order valence-electron chi connectivity index (χ2n) is 5.54. The molecule has 2 N–H and O–H groups in total. The molecule has 1 aliphatic rings.